The average molecular weight is 318 g/mol. The van der Waals surface area contributed by atoms with Gasteiger partial charge in [0.15, 0.2) is 0 Å². The van der Waals surface area contributed by atoms with Gasteiger partial charge in [0, 0.05) is 6.42 Å². The van der Waals surface area contributed by atoms with E-state index in [-0.39, 0.29) is 12.5 Å². The van der Waals surface area contributed by atoms with E-state index in [9.17, 15) is 4.79 Å². The molecule has 1 saturated heterocycles. The maximum atomic E-state index is 10.4. The Hall–Kier alpha value is -1.61. The minimum absolute atomic E-state index is 0.247. The number of carbonyl (C=O) groups is 1. The summed E-state index contributed by atoms with van der Waals surface area (Å²) in [6.07, 6.45) is 24.9. The zero-order valence-electron chi connectivity index (χ0n) is 14.2. The van der Waals surface area contributed by atoms with Gasteiger partial charge in [-0.05, 0) is 44.9 Å². The molecule has 23 heavy (non-hydrogen) atoms. The van der Waals surface area contributed by atoms with Gasteiger partial charge in [-0.2, -0.15) is 0 Å². The molecule has 0 aromatic carbocycles. The fraction of sp³-hybridized carbons (Fsp3) is 0.550. The minimum Gasteiger partial charge on any atom is -0.481 e. The molecule has 1 aliphatic rings. The van der Waals surface area contributed by atoms with Crippen LogP contribution >= 0.6 is 0 Å². The van der Waals surface area contributed by atoms with E-state index in [0.717, 1.165) is 38.5 Å². The van der Waals surface area contributed by atoms with Crippen molar-refractivity contribution >= 4 is 5.97 Å². The van der Waals surface area contributed by atoms with Gasteiger partial charge in [0.05, 0.1) is 12.2 Å². The molecule has 2 atom stereocenters. The number of rotatable bonds is 13. The van der Waals surface area contributed by atoms with Crippen LogP contribution in [0.2, 0.25) is 0 Å². The molecular formula is C20H30O3. The van der Waals surface area contributed by atoms with Gasteiger partial charge in [-0.15, -0.1) is 0 Å². The maximum Gasteiger partial charge on any atom is 0.303 e. The fourth-order valence-electron chi connectivity index (χ4n) is 2.30. The highest BCUT2D eigenvalue weighted by Gasteiger charge is 2.36. The van der Waals surface area contributed by atoms with Gasteiger partial charge in [0.25, 0.3) is 0 Å². The average Bonchev–Trinajstić information content (AvgIpc) is 3.26. The topological polar surface area (TPSA) is 49.8 Å². The Kier molecular flexibility index (Phi) is 10.9. The number of carboxylic acid groups (broad SMARTS) is 1. The van der Waals surface area contributed by atoms with Gasteiger partial charge < -0.3 is 9.84 Å². The maximum absolute atomic E-state index is 10.4. The van der Waals surface area contributed by atoms with Crippen molar-refractivity contribution in [3.63, 3.8) is 0 Å². The van der Waals surface area contributed by atoms with Crippen LogP contribution in [-0.4, -0.2) is 23.3 Å². The number of carboxylic acids is 1. The molecule has 1 aliphatic heterocycles. The summed E-state index contributed by atoms with van der Waals surface area (Å²) in [6.45, 7) is 2.14. The second-order valence-electron chi connectivity index (χ2n) is 5.74. The molecule has 1 fully saturated rings. The lowest BCUT2D eigenvalue weighted by Crippen LogP contribution is -1.97. The molecule has 0 aromatic heterocycles. The zero-order valence-corrected chi connectivity index (χ0v) is 14.2. The summed E-state index contributed by atoms with van der Waals surface area (Å²) in [7, 11) is 0. The molecule has 3 heteroatoms. The molecule has 0 bridgehead atoms. The molecule has 0 spiro atoms. The summed E-state index contributed by atoms with van der Waals surface area (Å²) < 4.78 is 5.52. The van der Waals surface area contributed by atoms with Crippen LogP contribution in [0, 0.1) is 0 Å². The van der Waals surface area contributed by atoms with E-state index < -0.39 is 5.97 Å². The van der Waals surface area contributed by atoms with E-state index >= 15 is 0 Å². The molecule has 0 aliphatic carbocycles. The molecule has 0 amide bonds. The lowest BCUT2D eigenvalue weighted by Gasteiger charge is -1.92. The second kappa shape index (κ2) is 12.9. The zero-order chi connectivity index (χ0) is 16.8. The first-order valence-corrected chi connectivity index (χ1v) is 8.71. The molecule has 1 rings (SSSR count). The summed E-state index contributed by atoms with van der Waals surface area (Å²) in [4.78, 5) is 10.4. The largest absolute Gasteiger partial charge is 0.481 e. The Morgan fingerprint density at radius 2 is 1.48 bits per heavy atom. The summed E-state index contributed by atoms with van der Waals surface area (Å²) in [5.74, 6) is -0.721. The highest BCUT2D eigenvalue weighted by Crippen LogP contribution is 2.30. The van der Waals surface area contributed by atoms with Gasteiger partial charge in [0.2, 0.25) is 0 Å². The van der Waals surface area contributed by atoms with Crippen molar-refractivity contribution in [1.82, 2.24) is 0 Å². The first-order valence-electron chi connectivity index (χ1n) is 8.71. The van der Waals surface area contributed by atoms with Gasteiger partial charge in [0.1, 0.15) is 0 Å². The summed E-state index contributed by atoms with van der Waals surface area (Å²) in [5.41, 5.74) is 0. The quantitative estimate of drug-likeness (QED) is 0.375. The molecule has 0 radical (unpaired) electrons. The van der Waals surface area contributed by atoms with E-state index in [4.69, 9.17) is 9.84 Å². The van der Waals surface area contributed by atoms with Crippen molar-refractivity contribution in [2.24, 2.45) is 0 Å². The lowest BCUT2D eigenvalue weighted by molar-refractivity contribution is -0.137. The van der Waals surface area contributed by atoms with Crippen molar-refractivity contribution in [1.29, 1.82) is 0 Å². The third kappa shape index (κ3) is 11.6. The number of allylic oxidation sites excluding steroid dienone is 7. The standard InChI is InChI=1S/C20H30O3/c1-2-3-4-5-6-7-8-9-10-11-12-13-15-18-19(23-18)16-14-17-20(21)22/h3-4,6-7,9-10,12-13,18-19H,2,5,8,11,14-17H2,1H3,(H,21,22). The Morgan fingerprint density at radius 1 is 0.913 bits per heavy atom. The monoisotopic (exact) mass is 318 g/mol. The van der Waals surface area contributed by atoms with Gasteiger partial charge in [-0.25, -0.2) is 0 Å². The lowest BCUT2D eigenvalue weighted by atomic mass is 10.1. The van der Waals surface area contributed by atoms with Crippen LogP contribution in [0.4, 0.5) is 0 Å². The van der Waals surface area contributed by atoms with Crippen LogP contribution in [0.3, 0.4) is 0 Å². The highest BCUT2D eigenvalue weighted by molar-refractivity contribution is 5.66. The summed E-state index contributed by atoms with van der Waals surface area (Å²) in [6, 6.07) is 0. The van der Waals surface area contributed by atoms with E-state index in [2.05, 4.69) is 55.5 Å². The first kappa shape index (κ1) is 19.4. The van der Waals surface area contributed by atoms with Crippen molar-refractivity contribution < 1.29 is 14.6 Å². The number of ether oxygens (including phenoxy) is 1. The van der Waals surface area contributed by atoms with Crippen molar-refractivity contribution in [3.05, 3.63) is 48.6 Å². The first-order chi connectivity index (χ1) is 11.2. The Balaban J connectivity index is 1.94. The number of aliphatic carboxylic acids is 1. The normalized spacial score (nSPS) is 21.3. The Labute approximate surface area is 140 Å². The van der Waals surface area contributed by atoms with Gasteiger partial charge in [-0.3, -0.25) is 4.79 Å². The number of hydrogen-bond donors (Lipinski definition) is 1. The highest BCUT2D eigenvalue weighted by atomic mass is 16.6. The molecule has 128 valence electrons. The second-order valence-corrected chi connectivity index (χ2v) is 5.74. The van der Waals surface area contributed by atoms with Crippen molar-refractivity contribution in [2.45, 2.75) is 70.5 Å². The van der Waals surface area contributed by atoms with E-state index in [1.807, 2.05) is 0 Å². The molecule has 1 N–H and O–H groups in total. The van der Waals surface area contributed by atoms with Crippen molar-refractivity contribution in [2.75, 3.05) is 0 Å². The van der Waals surface area contributed by atoms with Crippen molar-refractivity contribution in [3.8, 4) is 0 Å². The van der Waals surface area contributed by atoms with E-state index in [1.54, 1.807) is 0 Å². The third-order valence-corrected chi connectivity index (χ3v) is 3.65. The molecule has 0 saturated carbocycles. The summed E-state index contributed by atoms with van der Waals surface area (Å²) >= 11 is 0. The molecule has 3 nitrogen and oxygen atoms in total. The number of hydrogen-bond acceptors (Lipinski definition) is 2. The predicted octanol–water partition coefficient (Wildman–Crippen LogP) is 5.20. The van der Waals surface area contributed by atoms with E-state index in [0.29, 0.717) is 12.5 Å². The molecule has 2 unspecified atom stereocenters. The molecule has 0 aromatic rings. The van der Waals surface area contributed by atoms with E-state index in [1.165, 1.54) is 0 Å². The van der Waals surface area contributed by atoms with Crippen LogP contribution in [-0.2, 0) is 9.53 Å². The fourth-order valence-corrected chi connectivity index (χ4v) is 2.30. The minimum atomic E-state index is -0.721. The van der Waals surface area contributed by atoms with Crippen LogP contribution in [0.1, 0.15) is 58.3 Å². The predicted molar refractivity (Wildman–Crippen MR) is 95.5 cm³/mol. The van der Waals surface area contributed by atoms with Crippen LogP contribution in [0.25, 0.3) is 0 Å². The molecule has 1 heterocycles. The Bertz CT molecular complexity index is 432. The van der Waals surface area contributed by atoms with Gasteiger partial charge >= 0.3 is 5.97 Å². The SMILES string of the molecule is CCC=CCC=CCC=CCC=CCC1OC1CCCC(=O)O. The number of epoxide rings is 1. The summed E-state index contributed by atoms with van der Waals surface area (Å²) in [5, 5.41) is 8.57. The van der Waals surface area contributed by atoms with Crippen LogP contribution in [0.15, 0.2) is 48.6 Å². The van der Waals surface area contributed by atoms with Crippen LogP contribution < -0.4 is 0 Å². The van der Waals surface area contributed by atoms with Crippen LogP contribution in [0.5, 0.6) is 0 Å². The third-order valence-electron chi connectivity index (χ3n) is 3.65. The Morgan fingerprint density at radius 3 is 2.04 bits per heavy atom. The smallest absolute Gasteiger partial charge is 0.303 e. The molecular weight excluding hydrogens is 288 g/mol. The van der Waals surface area contributed by atoms with Gasteiger partial charge in [-0.1, -0.05) is 55.5 Å².